The van der Waals surface area contributed by atoms with Gasteiger partial charge in [-0.15, -0.1) is 0 Å². The van der Waals surface area contributed by atoms with Crippen LogP contribution in [-0.2, 0) is 0 Å². The third-order valence-electron chi connectivity index (χ3n) is 4.50. The molecule has 0 spiro atoms. The van der Waals surface area contributed by atoms with Gasteiger partial charge in [0.05, 0.1) is 27.4 Å². The fraction of sp³-hybridized carbons (Fsp3) is 0.368. The average molecular weight is 342 g/mol. The standard InChI is InChI=1S/C19H22N2O4/c1-23-13-8-9-17(24-2)15(12-13)16-7-5-11-21(16)19(22)14-6-4-10-20-18(14)25-3/h4,6,8-10,12,16H,5,7,11H2,1-3H3. The Bertz CT molecular complexity index is 763. The van der Waals surface area contributed by atoms with Gasteiger partial charge in [-0.05, 0) is 43.2 Å². The van der Waals surface area contributed by atoms with Gasteiger partial charge in [0.15, 0.2) is 0 Å². The first-order valence-electron chi connectivity index (χ1n) is 8.21. The first kappa shape index (κ1) is 17.1. The van der Waals surface area contributed by atoms with E-state index in [1.165, 1.54) is 7.11 Å². The Kier molecular flexibility index (Phi) is 5.07. The van der Waals surface area contributed by atoms with Gasteiger partial charge in [0.2, 0.25) is 5.88 Å². The van der Waals surface area contributed by atoms with Crippen molar-refractivity contribution in [2.75, 3.05) is 27.9 Å². The van der Waals surface area contributed by atoms with E-state index < -0.39 is 0 Å². The minimum Gasteiger partial charge on any atom is -0.497 e. The molecule has 3 rings (SSSR count). The molecule has 1 aliphatic rings. The summed E-state index contributed by atoms with van der Waals surface area (Å²) in [5.74, 6) is 1.76. The lowest BCUT2D eigenvalue weighted by Crippen LogP contribution is -2.31. The van der Waals surface area contributed by atoms with Gasteiger partial charge in [-0.2, -0.15) is 0 Å². The van der Waals surface area contributed by atoms with E-state index in [1.807, 2.05) is 23.1 Å². The minimum atomic E-state index is -0.0858. The van der Waals surface area contributed by atoms with Gasteiger partial charge in [0.1, 0.15) is 17.1 Å². The van der Waals surface area contributed by atoms with E-state index in [4.69, 9.17) is 14.2 Å². The number of carbonyl (C=O) groups is 1. The highest BCUT2D eigenvalue weighted by molar-refractivity contribution is 5.96. The molecule has 0 bridgehead atoms. The van der Waals surface area contributed by atoms with Gasteiger partial charge in [-0.1, -0.05) is 0 Å². The number of aromatic nitrogens is 1. The van der Waals surface area contributed by atoms with Crippen LogP contribution in [0.25, 0.3) is 0 Å². The molecule has 0 saturated carbocycles. The maximum Gasteiger partial charge on any atom is 0.259 e. The van der Waals surface area contributed by atoms with Crippen LogP contribution in [0.4, 0.5) is 0 Å². The van der Waals surface area contributed by atoms with Crippen molar-refractivity contribution in [1.29, 1.82) is 0 Å². The highest BCUT2D eigenvalue weighted by Crippen LogP contribution is 2.40. The Balaban J connectivity index is 1.97. The highest BCUT2D eigenvalue weighted by atomic mass is 16.5. The predicted molar refractivity (Wildman–Crippen MR) is 93.3 cm³/mol. The smallest absolute Gasteiger partial charge is 0.259 e. The first-order chi connectivity index (χ1) is 12.2. The molecule has 1 atom stereocenters. The summed E-state index contributed by atoms with van der Waals surface area (Å²) in [4.78, 5) is 19.1. The average Bonchev–Trinajstić information content (AvgIpc) is 3.16. The van der Waals surface area contributed by atoms with Crippen LogP contribution < -0.4 is 14.2 Å². The SMILES string of the molecule is COc1ccc(OC)c(C2CCCN2C(=O)c2cccnc2OC)c1. The van der Waals surface area contributed by atoms with Crippen LogP contribution in [0, 0.1) is 0 Å². The molecule has 132 valence electrons. The zero-order valence-electron chi connectivity index (χ0n) is 14.7. The molecule has 1 aliphatic heterocycles. The molecular formula is C19H22N2O4. The van der Waals surface area contributed by atoms with Crippen molar-refractivity contribution in [3.05, 3.63) is 47.7 Å². The van der Waals surface area contributed by atoms with E-state index in [0.29, 0.717) is 18.0 Å². The van der Waals surface area contributed by atoms with E-state index in [9.17, 15) is 4.79 Å². The fourth-order valence-electron chi connectivity index (χ4n) is 3.30. The molecule has 2 aromatic rings. The Labute approximate surface area is 147 Å². The van der Waals surface area contributed by atoms with E-state index in [-0.39, 0.29) is 11.9 Å². The van der Waals surface area contributed by atoms with Crippen LogP contribution in [0.2, 0.25) is 0 Å². The molecule has 1 aromatic carbocycles. The third-order valence-corrected chi connectivity index (χ3v) is 4.50. The van der Waals surface area contributed by atoms with E-state index in [2.05, 4.69) is 4.98 Å². The number of benzene rings is 1. The Morgan fingerprint density at radius 2 is 2.00 bits per heavy atom. The van der Waals surface area contributed by atoms with Gasteiger partial charge in [-0.25, -0.2) is 4.98 Å². The number of nitrogens with zero attached hydrogens (tertiary/aromatic N) is 2. The summed E-state index contributed by atoms with van der Waals surface area (Å²) in [6.45, 7) is 0.682. The van der Waals surface area contributed by atoms with Crippen LogP contribution in [-0.4, -0.2) is 43.7 Å². The summed E-state index contributed by atoms with van der Waals surface area (Å²) in [5, 5.41) is 0. The Morgan fingerprint density at radius 1 is 1.16 bits per heavy atom. The molecule has 1 unspecified atom stereocenters. The monoisotopic (exact) mass is 342 g/mol. The summed E-state index contributed by atoms with van der Waals surface area (Å²) in [5.41, 5.74) is 1.43. The second-order valence-electron chi connectivity index (χ2n) is 5.82. The summed E-state index contributed by atoms with van der Waals surface area (Å²) < 4.78 is 16.1. The number of pyridine rings is 1. The molecule has 0 aliphatic carbocycles. The highest BCUT2D eigenvalue weighted by Gasteiger charge is 2.34. The topological polar surface area (TPSA) is 60.9 Å². The lowest BCUT2D eigenvalue weighted by Gasteiger charge is -2.27. The van der Waals surface area contributed by atoms with Gasteiger partial charge in [0, 0.05) is 18.3 Å². The van der Waals surface area contributed by atoms with Crippen molar-refractivity contribution >= 4 is 5.91 Å². The van der Waals surface area contributed by atoms with Crippen molar-refractivity contribution in [2.45, 2.75) is 18.9 Å². The lowest BCUT2D eigenvalue weighted by atomic mass is 10.0. The maximum atomic E-state index is 13.1. The van der Waals surface area contributed by atoms with E-state index >= 15 is 0 Å². The molecule has 0 N–H and O–H groups in total. The van der Waals surface area contributed by atoms with Crippen molar-refractivity contribution in [3.8, 4) is 17.4 Å². The van der Waals surface area contributed by atoms with Crippen LogP contribution in [0.15, 0.2) is 36.5 Å². The summed E-state index contributed by atoms with van der Waals surface area (Å²) >= 11 is 0. The summed E-state index contributed by atoms with van der Waals surface area (Å²) in [6, 6.07) is 9.09. The Morgan fingerprint density at radius 3 is 2.72 bits per heavy atom. The molecule has 1 saturated heterocycles. The quantitative estimate of drug-likeness (QED) is 0.836. The number of amides is 1. The molecule has 6 heteroatoms. The number of methoxy groups -OCH3 is 3. The Hall–Kier alpha value is -2.76. The molecule has 2 heterocycles. The molecular weight excluding hydrogens is 320 g/mol. The third kappa shape index (κ3) is 3.24. The number of rotatable bonds is 5. The van der Waals surface area contributed by atoms with E-state index in [1.54, 1.807) is 32.5 Å². The van der Waals surface area contributed by atoms with Gasteiger partial charge in [0.25, 0.3) is 5.91 Å². The molecule has 6 nitrogen and oxygen atoms in total. The minimum absolute atomic E-state index is 0.0672. The number of carbonyl (C=O) groups excluding carboxylic acids is 1. The second kappa shape index (κ2) is 7.42. The number of likely N-dealkylation sites (tertiary alicyclic amines) is 1. The normalized spacial score (nSPS) is 16.6. The predicted octanol–water partition coefficient (Wildman–Crippen LogP) is 3.08. The number of hydrogen-bond acceptors (Lipinski definition) is 5. The zero-order valence-corrected chi connectivity index (χ0v) is 14.7. The van der Waals surface area contributed by atoms with Crippen molar-refractivity contribution in [2.24, 2.45) is 0 Å². The van der Waals surface area contributed by atoms with Crippen molar-refractivity contribution in [3.63, 3.8) is 0 Å². The lowest BCUT2D eigenvalue weighted by molar-refractivity contribution is 0.0729. The van der Waals surface area contributed by atoms with Crippen LogP contribution >= 0.6 is 0 Å². The molecule has 1 amide bonds. The molecule has 1 fully saturated rings. The summed E-state index contributed by atoms with van der Waals surface area (Å²) in [7, 11) is 4.78. The van der Waals surface area contributed by atoms with Gasteiger partial charge < -0.3 is 19.1 Å². The van der Waals surface area contributed by atoms with Crippen LogP contribution in [0.5, 0.6) is 17.4 Å². The van der Waals surface area contributed by atoms with Crippen molar-refractivity contribution in [1.82, 2.24) is 9.88 Å². The maximum absolute atomic E-state index is 13.1. The molecule has 0 radical (unpaired) electrons. The molecule has 1 aromatic heterocycles. The fourth-order valence-corrected chi connectivity index (χ4v) is 3.30. The number of ether oxygens (including phenoxy) is 3. The largest absolute Gasteiger partial charge is 0.497 e. The van der Waals surface area contributed by atoms with Crippen LogP contribution in [0.3, 0.4) is 0 Å². The van der Waals surface area contributed by atoms with E-state index in [0.717, 1.165) is 29.9 Å². The number of hydrogen-bond donors (Lipinski definition) is 0. The summed E-state index contributed by atoms with van der Waals surface area (Å²) in [6.07, 6.45) is 3.42. The van der Waals surface area contributed by atoms with Gasteiger partial charge >= 0.3 is 0 Å². The van der Waals surface area contributed by atoms with Crippen LogP contribution in [0.1, 0.15) is 34.8 Å². The zero-order chi connectivity index (χ0) is 17.8. The second-order valence-corrected chi connectivity index (χ2v) is 5.82. The van der Waals surface area contributed by atoms with Crippen molar-refractivity contribution < 1.29 is 19.0 Å². The van der Waals surface area contributed by atoms with Gasteiger partial charge in [-0.3, -0.25) is 4.79 Å². The first-order valence-corrected chi connectivity index (χ1v) is 8.21. The molecule has 25 heavy (non-hydrogen) atoms.